The Balaban J connectivity index is 1.44. The summed E-state index contributed by atoms with van der Waals surface area (Å²) in [5.41, 5.74) is 1.68. The molecular formula is C23H25N3O4S. The highest BCUT2D eigenvalue weighted by molar-refractivity contribution is 8.00. The third-order valence-electron chi connectivity index (χ3n) is 5.13. The average Bonchev–Trinajstić information content (AvgIpc) is 3.16. The molecule has 1 aromatic heterocycles. The van der Waals surface area contributed by atoms with Crippen LogP contribution in [-0.4, -0.2) is 60.4 Å². The van der Waals surface area contributed by atoms with Crippen molar-refractivity contribution in [2.75, 3.05) is 44.5 Å². The van der Waals surface area contributed by atoms with Gasteiger partial charge in [-0.3, -0.25) is 9.59 Å². The molecule has 7 nitrogen and oxygen atoms in total. The van der Waals surface area contributed by atoms with Crippen molar-refractivity contribution in [1.82, 2.24) is 9.47 Å². The van der Waals surface area contributed by atoms with E-state index in [1.807, 2.05) is 58.1 Å². The largest absolute Gasteiger partial charge is 0.497 e. The number of carbonyl (C=O) groups excluding carboxylic acids is 2. The van der Waals surface area contributed by atoms with Gasteiger partial charge in [-0.25, -0.2) is 0 Å². The van der Waals surface area contributed by atoms with Crippen molar-refractivity contribution in [1.29, 1.82) is 0 Å². The first-order valence-electron chi connectivity index (χ1n) is 10.1. The van der Waals surface area contributed by atoms with E-state index in [9.17, 15) is 9.59 Å². The number of morpholine rings is 1. The summed E-state index contributed by atoms with van der Waals surface area (Å²) in [6.45, 7) is 2.70. The first kappa shape index (κ1) is 21.3. The van der Waals surface area contributed by atoms with Crippen molar-refractivity contribution in [3.8, 4) is 5.75 Å². The maximum absolute atomic E-state index is 12.7. The third kappa shape index (κ3) is 5.21. The van der Waals surface area contributed by atoms with E-state index in [4.69, 9.17) is 9.47 Å². The molecule has 0 radical (unpaired) electrons. The maximum Gasteiger partial charge on any atom is 0.242 e. The van der Waals surface area contributed by atoms with Gasteiger partial charge in [-0.05, 0) is 18.2 Å². The van der Waals surface area contributed by atoms with Crippen LogP contribution in [0.2, 0.25) is 0 Å². The van der Waals surface area contributed by atoms with Crippen molar-refractivity contribution in [3.05, 3.63) is 54.7 Å². The van der Waals surface area contributed by atoms with E-state index in [0.717, 1.165) is 15.8 Å². The van der Waals surface area contributed by atoms with Gasteiger partial charge in [-0.1, -0.05) is 24.3 Å². The highest BCUT2D eigenvalue weighted by Gasteiger charge is 2.19. The van der Waals surface area contributed by atoms with Crippen LogP contribution in [0.5, 0.6) is 5.75 Å². The topological polar surface area (TPSA) is 72.8 Å². The number of benzene rings is 2. The van der Waals surface area contributed by atoms with Crippen LogP contribution in [0, 0.1) is 0 Å². The molecule has 3 aromatic rings. The summed E-state index contributed by atoms with van der Waals surface area (Å²) in [7, 11) is 1.59. The smallest absolute Gasteiger partial charge is 0.242 e. The summed E-state index contributed by atoms with van der Waals surface area (Å²) in [5.74, 6) is 0.942. The van der Waals surface area contributed by atoms with Gasteiger partial charge in [0.1, 0.15) is 12.3 Å². The fourth-order valence-electron chi connectivity index (χ4n) is 3.56. The van der Waals surface area contributed by atoms with Gasteiger partial charge in [0.15, 0.2) is 0 Å². The number of hydrogen-bond donors (Lipinski definition) is 1. The molecule has 1 aliphatic heterocycles. The summed E-state index contributed by atoms with van der Waals surface area (Å²) in [4.78, 5) is 28.0. The van der Waals surface area contributed by atoms with Crippen LogP contribution >= 0.6 is 11.8 Å². The Morgan fingerprint density at radius 1 is 1.13 bits per heavy atom. The molecule has 0 saturated carbocycles. The number of thioether (sulfide) groups is 1. The molecule has 1 fully saturated rings. The zero-order chi connectivity index (χ0) is 21.6. The number of amides is 2. The lowest BCUT2D eigenvalue weighted by atomic mass is 10.2. The molecule has 8 heteroatoms. The molecule has 2 amide bonds. The minimum Gasteiger partial charge on any atom is -0.497 e. The van der Waals surface area contributed by atoms with Gasteiger partial charge in [0.25, 0.3) is 0 Å². The summed E-state index contributed by atoms with van der Waals surface area (Å²) in [6, 6.07) is 15.2. The minimum absolute atomic E-state index is 0.0800. The van der Waals surface area contributed by atoms with Crippen LogP contribution in [0.1, 0.15) is 0 Å². The number of ether oxygens (including phenoxy) is 2. The zero-order valence-electron chi connectivity index (χ0n) is 17.4. The predicted octanol–water partition coefficient (Wildman–Crippen LogP) is 3.24. The monoisotopic (exact) mass is 439 g/mol. The molecule has 31 heavy (non-hydrogen) atoms. The van der Waals surface area contributed by atoms with Gasteiger partial charge >= 0.3 is 0 Å². The number of fused-ring (bicyclic) bond motifs is 1. The normalized spacial score (nSPS) is 13.9. The second-order valence-electron chi connectivity index (χ2n) is 7.20. The first-order valence-corrected chi connectivity index (χ1v) is 11.1. The molecule has 1 saturated heterocycles. The number of methoxy groups -OCH3 is 1. The molecule has 0 aliphatic carbocycles. The van der Waals surface area contributed by atoms with E-state index in [1.54, 1.807) is 13.2 Å². The summed E-state index contributed by atoms with van der Waals surface area (Å²) >= 11 is 1.46. The minimum atomic E-state index is -0.0977. The van der Waals surface area contributed by atoms with E-state index in [-0.39, 0.29) is 24.1 Å². The van der Waals surface area contributed by atoms with Gasteiger partial charge in [0, 0.05) is 46.8 Å². The van der Waals surface area contributed by atoms with Gasteiger partial charge in [0.05, 0.1) is 26.1 Å². The van der Waals surface area contributed by atoms with Crippen molar-refractivity contribution in [3.63, 3.8) is 0 Å². The number of nitrogens with one attached hydrogen (secondary N) is 1. The highest BCUT2D eigenvalue weighted by Crippen LogP contribution is 2.30. The van der Waals surface area contributed by atoms with Crippen molar-refractivity contribution < 1.29 is 19.1 Å². The van der Waals surface area contributed by atoms with Gasteiger partial charge in [-0.15, -0.1) is 11.8 Å². The molecular weight excluding hydrogens is 414 g/mol. The van der Waals surface area contributed by atoms with E-state index < -0.39 is 0 Å². The van der Waals surface area contributed by atoms with Crippen LogP contribution < -0.4 is 10.1 Å². The number of hydrogen-bond acceptors (Lipinski definition) is 5. The SMILES string of the molecule is COc1cccc(NC(=O)CSc2cn(CC(=O)N3CCOCC3)c3ccccc23)c1. The number of anilines is 1. The Labute approximate surface area is 185 Å². The summed E-state index contributed by atoms with van der Waals surface area (Å²) in [6.07, 6.45) is 1.96. The molecule has 4 rings (SSSR count). The maximum atomic E-state index is 12.7. The molecule has 2 heterocycles. The van der Waals surface area contributed by atoms with E-state index >= 15 is 0 Å². The fraction of sp³-hybridized carbons (Fsp3) is 0.304. The highest BCUT2D eigenvalue weighted by atomic mass is 32.2. The lowest BCUT2D eigenvalue weighted by Gasteiger charge is -2.27. The molecule has 1 N–H and O–H groups in total. The van der Waals surface area contributed by atoms with Crippen molar-refractivity contribution >= 4 is 40.2 Å². The van der Waals surface area contributed by atoms with E-state index in [2.05, 4.69) is 5.32 Å². The standard InChI is InChI=1S/C23H25N3O4S/c1-29-18-6-4-5-17(13-18)24-22(27)16-31-21-14-26(20-8-3-2-7-19(20)21)15-23(28)25-9-11-30-12-10-25/h2-8,13-14H,9-12,15-16H2,1H3,(H,24,27). The van der Waals surface area contributed by atoms with Crippen molar-refractivity contribution in [2.24, 2.45) is 0 Å². The van der Waals surface area contributed by atoms with Crippen LogP contribution in [-0.2, 0) is 20.9 Å². The Morgan fingerprint density at radius 3 is 2.74 bits per heavy atom. The Bertz CT molecular complexity index is 1080. The average molecular weight is 440 g/mol. The molecule has 1 aliphatic rings. The second-order valence-corrected chi connectivity index (χ2v) is 8.22. The molecule has 0 bridgehead atoms. The molecule has 162 valence electrons. The van der Waals surface area contributed by atoms with Crippen molar-refractivity contribution in [2.45, 2.75) is 11.4 Å². The molecule has 0 atom stereocenters. The quantitative estimate of drug-likeness (QED) is 0.572. The number of carbonyl (C=O) groups is 2. The number of aromatic nitrogens is 1. The van der Waals surface area contributed by atoms with Crippen LogP contribution in [0.25, 0.3) is 10.9 Å². The Kier molecular flexibility index (Phi) is 6.79. The Hall–Kier alpha value is -2.97. The lowest BCUT2D eigenvalue weighted by molar-refractivity contribution is -0.135. The van der Waals surface area contributed by atoms with E-state index in [1.165, 1.54) is 11.8 Å². The predicted molar refractivity (Wildman–Crippen MR) is 122 cm³/mol. The van der Waals surface area contributed by atoms with Crippen LogP contribution in [0.4, 0.5) is 5.69 Å². The lowest BCUT2D eigenvalue weighted by Crippen LogP contribution is -2.42. The zero-order valence-corrected chi connectivity index (χ0v) is 18.2. The van der Waals surface area contributed by atoms with Gasteiger partial charge in [-0.2, -0.15) is 0 Å². The number of nitrogens with zero attached hydrogens (tertiary/aromatic N) is 2. The van der Waals surface area contributed by atoms with Gasteiger partial charge < -0.3 is 24.3 Å². The van der Waals surface area contributed by atoms with E-state index in [0.29, 0.717) is 37.7 Å². The molecule has 2 aromatic carbocycles. The summed E-state index contributed by atoms with van der Waals surface area (Å²) in [5, 5.41) is 3.94. The number of para-hydroxylation sites is 1. The summed E-state index contributed by atoms with van der Waals surface area (Å²) < 4.78 is 12.5. The third-order valence-corrected chi connectivity index (χ3v) is 6.18. The Morgan fingerprint density at radius 2 is 1.94 bits per heavy atom. The molecule has 0 unspecified atom stereocenters. The van der Waals surface area contributed by atoms with Crippen LogP contribution in [0.15, 0.2) is 59.6 Å². The van der Waals surface area contributed by atoms with Crippen LogP contribution in [0.3, 0.4) is 0 Å². The van der Waals surface area contributed by atoms with Gasteiger partial charge in [0.2, 0.25) is 11.8 Å². The second kappa shape index (κ2) is 9.89. The first-order chi connectivity index (χ1) is 15.1. The number of rotatable bonds is 7. The fourth-order valence-corrected chi connectivity index (χ4v) is 4.45. The molecule has 0 spiro atoms.